The number of aromatic nitrogens is 2. The van der Waals surface area contributed by atoms with Crippen LogP contribution < -0.4 is 11.5 Å². The van der Waals surface area contributed by atoms with Gasteiger partial charge < -0.3 is 21.3 Å². The van der Waals surface area contributed by atoms with Gasteiger partial charge in [0.2, 0.25) is 0 Å². The Morgan fingerprint density at radius 1 is 1.25 bits per heavy atom. The molecule has 1 aromatic heterocycles. The highest BCUT2D eigenvalue weighted by molar-refractivity contribution is 8.04. The molecule has 2 aromatic carbocycles. The summed E-state index contributed by atoms with van der Waals surface area (Å²) in [6, 6.07) is 9.85. The Balaban J connectivity index is 1.64. The smallest absolute Gasteiger partial charge is 0.349 e. The highest BCUT2D eigenvalue weighted by Gasteiger charge is 2.44. The van der Waals surface area contributed by atoms with Crippen LogP contribution in [0.1, 0.15) is 64.2 Å². The number of aryl methyl sites for hydroxylation is 2. The van der Waals surface area contributed by atoms with Crippen LogP contribution in [0.2, 0.25) is 0 Å². The number of hydrogen-bond donors (Lipinski definition) is 4. The Labute approximate surface area is 216 Å². The SMILES string of the molecule is Cc1cc(SC2=C(O)CC(CCc3cccc4[nH]nc(N)c34)(C(C)C)OC2=O)c(C(C)(C)C)cc1N. The molecule has 1 aliphatic rings. The van der Waals surface area contributed by atoms with Gasteiger partial charge in [-0.15, -0.1) is 0 Å². The lowest BCUT2D eigenvalue weighted by Crippen LogP contribution is -2.44. The predicted molar refractivity (Wildman–Crippen MR) is 147 cm³/mol. The number of carbonyl (C=O) groups is 1. The minimum atomic E-state index is -0.824. The van der Waals surface area contributed by atoms with Gasteiger partial charge in [0.25, 0.3) is 0 Å². The van der Waals surface area contributed by atoms with Gasteiger partial charge in [-0.05, 0) is 66.0 Å². The second kappa shape index (κ2) is 9.39. The highest BCUT2D eigenvalue weighted by Crippen LogP contribution is 2.45. The van der Waals surface area contributed by atoms with E-state index in [1.54, 1.807) is 0 Å². The van der Waals surface area contributed by atoms with Gasteiger partial charge >= 0.3 is 5.97 Å². The number of nitrogens with two attached hydrogens (primary N) is 2. The summed E-state index contributed by atoms with van der Waals surface area (Å²) in [7, 11) is 0. The van der Waals surface area contributed by atoms with E-state index in [2.05, 4.69) is 31.0 Å². The monoisotopic (exact) mass is 508 g/mol. The number of aliphatic hydroxyl groups excluding tert-OH is 1. The number of esters is 1. The number of aromatic amines is 1. The van der Waals surface area contributed by atoms with Crippen molar-refractivity contribution in [2.75, 3.05) is 11.5 Å². The molecule has 1 atom stereocenters. The van der Waals surface area contributed by atoms with Crippen LogP contribution >= 0.6 is 11.8 Å². The molecule has 0 saturated heterocycles. The summed E-state index contributed by atoms with van der Waals surface area (Å²) >= 11 is 1.26. The Bertz CT molecular complexity index is 1350. The van der Waals surface area contributed by atoms with Crippen molar-refractivity contribution in [3.63, 3.8) is 0 Å². The van der Waals surface area contributed by atoms with Crippen LogP contribution in [0.15, 0.2) is 45.9 Å². The molecule has 0 spiro atoms. The molecule has 36 heavy (non-hydrogen) atoms. The third-order valence-electron chi connectivity index (χ3n) is 7.17. The molecule has 0 saturated carbocycles. The van der Waals surface area contributed by atoms with Gasteiger partial charge in [0.15, 0.2) is 5.82 Å². The number of aliphatic hydroxyl groups is 1. The number of nitrogen functional groups attached to an aromatic ring is 2. The van der Waals surface area contributed by atoms with E-state index in [-0.39, 0.29) is 28.4 Å². The summed E-state index contributed by atoms with van der Waals surface area (Å²) in [6.07, 6.45) is 1.44. The van der Waals surface area contributed by atoms with E-state index in [0.717, 1.165) is 32.5 Å². The van der Waals surface area contributed by atoms with Crippen molar-refractivity contribution >= 4 is 40.1 Å². The first-order valence-corrected chi connectivity index (χ1v) is 13.1. The molecule has 0 fully saturated rings. The number of carbonyl (C=O) groups excluding carboxylic acids is 1. The molecule has 4 rings (SSSR count). The summed E-state index contributed by atoms with van der Waals surface area (Å²) in [5.41, 5.74) is 15.8. The fraction of sp³-hybridized carbons (Fsp3) is 0.429. The van der Waals surface area contributed by atoms with Gasteiger partial charge in [0, 0.05) is 22.4 Å². The normalized spacial score (nSPS) is 18.8. The summed E-state index contributed by atoms with van der Waals surface area (Å²) in [5, 5.41) is 19.1. The minimum absolute atomic E-state index is 0.0000427. The van der Waals surface area contributed by atoms with Crippen molar-refractivity contribution in [1.29, 1.82) is 0 Å². The number of cyclic esters (lactones) is 1. The van der Waals surface area contributed by atoms with E-state index in [9.17, 15) is 9.90 Å². The fourth-order valence-corrected chi connectivity index (χ4v) is 6.05. The molecule has 8 heteroatoms. The number of fused-ring (bicyclic) bond motifs is 1. The molecule has 3 aromatic rings. The molecule has 6 N–H and O–H groups in total. The van der Waals surface area contributed by atoms with E-state index >= 15 is 0 Å². The van der Waals surface area contributed by atoms with Gasteiger partial charge in [-0.3, -0.25) is 5.10 Å². The Hall–Kier alpha value is -3.13. The standard InChI is InChI=1S/C28H36N4O3S/c1-15(2)28(11-10-17-8-7-9-20-23(17)25(30)32-31-20)14-21(33)24(26(34)35-28)36-22-12-16(3)19(29)13-18(22)27(4,5)6/h7-9,12-13,15,33H,10-11,14,29H2,1-6H3,(H3,30,31,32). The molecule has 0 bridgehead atoms. The van der Waals surface area contributed by atoms with Crippen molar-refractivity contribution in [3.05, 3.63) is 57.7 Å². The number of thioether (sulfide) groups is 1. The Kier molecular flexibility index (Phi) is 6.77. The summed E-state index contributed by atoms with van der Waals surface area (Å²) in [4.78, 5) is 14.5. The quantitative estimate of drug-likeness (QED) is 0.232. The van der Waals surface area contributed by atoms with Gasteiger partial charge in [0.05, 0.1) is 5.52 Å². The Morgan fingerprint density at radius 2 is 1.97 bits per heavy atom. The average molecular weight is 509 g/mol. The average Bonchev–Trinajstić information content (AvgIpc) is 3.17. The van der Waals surface area contributed by atoms with Crippen molar-refractivity contribution in [2.45, 2.75) is 76.7 Å². The number of ether oxygens (including phenoxy) is 1. The van der Waals surface area contributed by atoms with Crippen molar-refractivity contribution < 1.29 is 14.6 Å². The molecule has 0 amide bonds. The molecule has 2 heterocycles. The number of anilines is 2. The number of benzene rings is 2. The third kappa shape index (κ3) is 4.78. The minimum Gasteiger partial charge on any atom is -0.511 e. The number of nitrogens with zero attached hydrogens (tertiary/aromatic N) is 1. The van der Waals surface area contributed by atoms with Gasteiger partial charge in [0.1, 0.15) is 16.3 Å². The number of H-pyrrole nitrogens is 1. The molecule has 7 nitrogen and oxygen atoms in total. The first-order valence-electron chi connectivity index (χ1n) is 12.3. The van der Waals surface area contributed by atoms with Crippen molar-refractivity contribution in [1.82, 2.24) is 10.2 Å². The topological polar surface area (TPSA) is 127 Å². The zero-order chi connectivity index (χ0) is 26.4. The predicted octanol–water partition coefficient (Wildman–Crippen LogP) is 6.17. The lowest BCUT2D eigenvalue weighted by atomic mass is 9.80. The Morgan fingerprint density at radius 3 is 2.61 bits per heavy atom. The molecular formula is C28H36N4O3S. The third-order valence-corrected chi connectivity index (χ3v) is 8.34. The lowest BCUT2D eigenvalue weighted by molar-refractivity contribution is -0.164. The van der Waals surface area contributed by atoms with Crippen molar-refractivity contribution in [3.8, 4) is 0 Å². The largest absolute Gasteiger partial charge is 0.511 e. The molecule has 1 unspecified atom stereocenters. The van der Waals surface area contributed by atoms with E-state index in [0.29, 0.717) is 24.3 Å². The molecule has 1 aliphatic heterocycles. The van der Waals surface area contributed by atoms with Gasteiger partial charge in [-0.25, -0.2) is 4.79 Å². The van der Waals surface area contributed by atoms with Crippen LogP contribution in [-0.4, -0.2) is 26.9 Å². The highest BCUT2D eigenvalue weighted by atomic mass is 32.2. The summed E-state index contributed by atoms with van der Waals surface area (Å²) in [5.74, 6) is 0.0304. The molecular weight excluding hydrogens is 472 g/mol. The second-order valence-corrected chi connectivity index (χ2v) is 12.1. The van der Waals surface area contributed by atoms with Gasteiger partial charge in [-0.1, -0.05) is 58.5 Å². The molecule has 0 radical (unpaired) electrons. The molecule has 0 aliphatic carbocycles. The van der Waals surface area contributed by atoms with Crippen LogP contribution in [0.25, 0.3) is 10.9 Å². The van der Waals surface area contributed by atoms with Crippen LogP contribution in [-0.2, 0) is 21.4 Å². The first kappa shape index (κ1) is 25.9. The maximum absolute atomic E-state index is 13.4. The van der Waals surface area contributed by atoms with Gasteiger partial charge in [-0.2, -0.15) is 5.10 Å². The van der Waals surface area contributed by atoms with E-state index in [4.69, 9.17) is 16.2 Å². The lowest BCUT2D eigenvalue weighted by Gasteiger charge is -2.40. The number of nitrogens with one attached hydrogen (secondary N) is 1. The van der Waals surface area contributed by atoms with Crippen LogP contribution in [0, 0.1) is 12.8 Å². The van der Waals surface area contributed by atoms with Crippen molar-refractivity contribution in [2.24, 2.45) is 5.92 Å². The fourth-order valence-electron chi connectivity index (χ4n) is 4.80. The molecule has 192 valence electrons. The van der Waals surface area contributed by atoms with Crippen LogP contribution in [0.5, 0.6) is 0 Å². The maximum atomic E-state index is 13.4. The summed E-state index contributed by atoms with van der Waals surface area (Å²) in [6.45, 7) is 12.3. The zero-order valence-electron chi connectivity index (χ0n) is 21.9. The first-order chi connectivity index (χ1) is 16.8. The van der Waals surface area contributed by atoms with Crippen LogP contribution in [0.4, 0.5) is 11.5 Å². The van der Waals surface area contributed by atoms with E-state index < -0.39 is 11.6 Å². The maximum Gasteiger partial charge on any atom is 0.349 e. The van der Waals surface area contributed by atoms with E-state index in [1.165, 1.54) is 11.8 Å². The van der Waals surface area contributed by atoms with E-state index in [1.807, 2.05) is 51.1 Å². The zero-order valence-corrected chi connectivity index (χ0v) is 22.7. The number of rotatable bonds is 6. The van der Waals surface area contributed by atoms with Crippen LogP contribution in [0.3, 0.4) is 0 Å². The second-order valence-electron chi connectivity index (χ2n) is 11.1. The number of hydrogen-bond acceptors (Lipinski definition) is 7. The summed E-state index contributed by atoms with van der Waals surface area (Å²) < 4.78 is 6.16.